The number of carbonyl (C=O) groups is 1. The molecule has 1 fully saturated rings. The Morgan fingerprint density at radius 3 is 2.62 bits per heavy atom. The van der Waals surface area contributed by atoms with Crippen molar-refractivity contribution in [2.75, 3.05) is 12.8 Å². The Labute approximate surface area is 139 Å². The van der Waals surface area contributed by atoms with Gasteiger partial charge in [-0.3, -0.25) is 4.79 Å². The molecule has 7 heteroatoms. The van der Waals surface area contributed by atoms with E-state index in [1.165, 1.54) is 6.20 Å². The molecule has 3 rings (SSSR count). The summed E-state index contributed by atoms with van der Waals surface area (Å²) < 4.78 is 5.07. The number of aliphatic hydroxyl groups is 1. The second-order valence-corrected chi connectivity index (χ2v) is 5.94. The fraction of sp³-hybridized carbons (Fsp3) is 0.353. The highest BCUT2D eigenvalue weighted by Crippen LogP contribution is 2.38. The Bertz CT molecular complexity index is 697. The second-order valence-electron chi connectivity index (χ2n) is 5.94. The van der Waals surface area contributed by atoms with Gasteiger partial charge in [0.1, 0.15) is 5.82 Å². The van der Waals surface area contributed by atoms with E-state index in [0.717, 1.165) is 5.56 Å². The third kappa shape index (κ3) is 3.46. The lowest BCUT2D eigenvalue weighted by Crippen LogP contribution is -2.41. The van der Waals surface area contributed by atoms with Crippen molar-refractivity contribution in [3.05, 3.63) is 47.8 Å². The number of nitrogens with zero attached hydrogens (tertiary/aromatic N) is 2. The monoisotopic (exact) mass is 328 g/mol. The van der Waals surface area contributed by atoms with Crippen LogP contribution < -0.4 is 15.8 Å². The topological polar surface area (TPSA) is 110 Å². The number of aliphatic hydroxyl groups excluding tert-OH is 1. The summed E-state index contributed by atoms with van der Waals surface area (Å²) in [6.07, 6.45) is 4.13. The zero-order valence-corrected chi connectivity index (χ0v) is 13.3. The van der Waals surface area contributed by atoms with Crippen LogP contribution in [0.2, 0.25) is 0 Å². The van der Waals surface area contributed by atoms with Gasteiger partial charge < -0.3 is 20.9 Å². The molecule has 1 aliphatic rings. The average molecular weight is 328 g/mol. The van der Waals surface area contributed by atoms with Crippen molar-refractivity contribution < 1.29 is 14.6 Å². The van der Waals surface area contributed by atoms with Crippen molar-refractivity contribution in [2.24, 2.45) is 5.92 Å². The minimum atomic E-state index is -0.307. The number of rotatable bonds is 5. The number of carbonyl (C=O) groups excluding carboxylic acids is 1. The number of aromatic nitrogens is 2. The fourth-order valence-corrected chi connectivity index (χ4v) is 2.84. The van der Waals surface area contributed by atoms with E-state index in [4.69, 9.17) is 10.5 Å². The molecule has 0 radical (unpaired) electrons. The minimum absolute atomic E-state index is 0.167. The summed E-state index contributed by atoms with van der Waals surface area (Å²) in [5.74, 6) is 0.815. The lowest BCUT2D eigenvalue weighted by Gasteiger charge is -2.38. The van der Waals surface area contributed by atoms with E-state index >= 15 is 0 Å². The zero-order chi connectivity index (χ0) is 17.1. The normalized spacial score (nSPS) is 20.8. The van der Waals surface area contributed by atoms with Crippen molar-refractivity contribution >= 4 is 11.7 Å². The number of nitrogens with one attached hydrogen (secondary N) is 1. The third-order valence-corrected chi connectivity index (χ3v) is 4.28. The number of nitrogen functional groups attached to an aromatic ring is 1. The maximum absolute atomic E-state index is 12.5. The van der Waals surface area contributed by atoms with E-state index in [9.17, 15) is 9.90 Å². The van der Waals surface area contributed by atoms with E-state index in [1.807, 2.05) is 6.07 Å². The van der Waals surface area contributed by atoms with Crippen molar-refractivity contribution in [1.82, 2.24) is 15.3 Å². The molecule has 0 saturated heterocycles. The van der Waals surface area contributed by atoms with Crippen molar-refractivity contribution in [3.8, 4) is 5.88 Å². The van der Waals surface area contributed by atoms with Crippen molar-refractivity contribution in [3.63, 3.8) is 0 Å². The lowest BCUT2D eigenvalue weighted by molar-refractivity contribution is 0.0234. The maximum Gasteiger partial charge on any atom is 0.253 e. The molecule has 0 spiro atoms. The molecule has 2 aromatic heterocycles. The number of hydrogen-bond acceptors (Lipinski definition) is 6. The van der Waals surface area contributed by atoms with Crippen LogP contribution in [0, 0.1) is 5.92 Å². The number of hydrogen-bond donors (Lipinski definition) is 3. The van der Waals surface area contributed by atoms with Gasteiger partial charge in [-0.2, -0.15) is 0 Å². The molecule has 1 saturated carbocycles. The fourth-order valence-electron chi connectivity index (χ4n) is 2.84. The maximum atomic E-state index is 12.5. The zero-order valence-electron chi connectivity index (χ0n) is 13.3. The Hall–Kier alpha value is -2.67. The molecule has 2 heterocycles. The van der Waals surface area contributed by atoms with Crippen LogP contribution in [0.3, 0.4) is 0 Å². The highest BCUT2D eigenvalue weighted by molar-refractivity contribution is 5.94. The first-order valence-electron chi connectivity index (χ1n) is 7.77. The van der Waals surface area contributed by atoms with Gasteiger partial charge in [0.2, 0.25) is 5.88 Å². The molecule has 4 N–H and O–H groups in total. The molecule has 1 atom stereocenters. The van der Waals surface area contributed by atoms with Crippen molar-refractivity contribution in [1.29, 1.82) is 0 Å². The highest BCUT2D eigenvalue weighted by Gasteiger charge is 2.36. The summed E-state index contributed by atoms with van der Waals surface area (Å²) in [7, 11) is 1.55. The molecule has 2 aromatic rings. The number of pyridine rings is 2. The SMILES string of the molecule is COc1ccc([C@@H](NC(=O)c2ccc(N)nc2)C2CC(O)C2)cn1. The molecule has 0 bridgehead atoms. The van der Waals surface area contributed by atoms with E-state index < -0.39 is 0 Å². The molecule has 24 heavy (non-hydrogen) atoms. The molecule has 1 aliphatic carbocycles. The molecular weight excluding hydrogens is 308 g/mol. The van der Waals surface area contributed by atoms with Gasteiger partial charge in [0.25, 0.3) is 5.91 Å². The summed E-state index contributed by atoms with van der Waals surface area (Å²) in [5.41, 5.74) is 6.87. The molecule has 1 amide bonds. The Morgan fingerprint density at radius 1 is 1.29 bits per heavy atom. The molecule has 0 aliphatic heterocycles. The lowest BCUT2D eigenvalue weighted by atomic mass is 9.75. The van der Waals surface area contributed by atoms with Gasteiger partial charge in [0, 0.05) is 18.5 Å². The van der Waals surface area contributed by atoms with Crippen LogP contribution >= 0.6 is 0 Å². The number of anilines is 1. The number of methoxy groups -OCH3 is 1. The second kappa shape index (κ2) is 6.84. The predicted molar refractivity (Wildman–Crippen MR) is 88.4 cm³/mol. The van der Waals surface area contributed by atoms with Crippen LogP contribution in [-0.2, 0) is 0 Å². The van der Waals surface area contributed by atoms with E-state index in [-0.39, 0.29) is 24.0 Å². The van der Waals surface area contributed by atoms with Gasteiger partial charge in [-0.05, 0) is 36.5 Å². The van der Waals surface area contributed by atoms with Gasteiger partial charge >= 0.3 is 0 Å². The summed E-state index contributed by atoms with van der Waals surface area (Å²) in [6, 6.07) is 6.64. The highest BCUT2D eigenvalue weighted by atomic mass is 16.5. The molecule has 0 unspecified atom stereocenters. The summed E-state index contributed by atoms with van der Waals surface area (Å²) in [6.45, 7) is 0. The van der Waals surface area contributed by atoms with Crippen LogP contribution in [0.4, 0.5) is 5.82 Å². The first-order valence-corrected chi connectivity index (χ1v) is 7.77. The van der Waals surface area contributed by atoms with E-state index in [1.54, 1.807) is 31.5 Å². The van der Waals surface area contributed by atoms with Gasteiger partial charge in [-0.1, -0.05) is 6.07 Å². The summed E-state index contributed by atoms with van der Waals surface area (Å²) in [4.78, 5) is 20.6. The Morgan fingerprint density at radius 2 is 2.08 bits per heavy atom. The first-order chi connectivity index (χ1) is 11.6. The molecule has 7 nitrogen and oxygen atoms in total. The Balaban J connectivity index is 1.79. The number of amides is 1. The van der Waals surface area contributed by atoms with Crippen LogP contribution in [-0.4, -0.2) is 34.2 Å². The van der Waals surface area contributed by atoms with Crippen molar-refractivity contribution in [2.45, 2.75) is 25.0 Å². The van der Waals surface area contributed by atoms with E-state index in [0.29, 0.717) is 30.1 Å². The third-order valence-electron chi connectivity index (χ3n) is 4.28. The van der Waals surface area contributed by atoms with Crippen LogP contribution in [0.15, 0.2) is 36.7 Å². The molecular formula is C17H20N4O3. The largest absolute Gasteiger partial charge is 0.481 e. The predicted octanol–water partition coefficient (Wildman–Crippen LogP) is 1.31. The van der Waals surface area contributed by atoms with Crippen LogP contribution in [0.25, 0.3) is 0 Å². The van der Waals surface area contributed by atoms with Gasteiger partial charge in [0.05, 0.1) is 24.8 Å². The number of ether oxygens (including phenoxy) is 1. The smallest absolute Gasteiger partial charge is 0.253 e. The Kier molecular flexibility index (Phi) is 4.61. The number of nitrogens with two attached hydrogens (primary N) is 1. The summed E-state index contributed by atoms with van der Waals surface area (Å²) in [5, 5.41) is 12.6. The van der Waals surface area contributed by atoms with Gasteiger partial charge in [-0.15, -0.1) is 0 Å². The van der Waals surface area contributed by atoms with Crippen LogP contribution in [0.1, 0.15) is 34.8 Å². The molecule has 126 valence electrons. The summed E-state index contributed by atoms with van der Waals surface area (Å²) >= 11 is 0. The standard InChI is InChI=1S/C17H20N4O3/c1-24-15-5-3-10(8-20-15)16(12-6-13(22)7-12)21-17(23)11-2-4-14(18)19-9-11/h2-5,8-9,12-13,16,22H,6-7H2,1H3,(H2,18,19)(H,21,23)/t12?,13?,16-/m1/s1. The average Bonchev–Trinajstić information content (AvgIpc) is 2.58. The molecule has 0 aromatic carbocycles. The van der Waals surface area contributed by atoms with E-state index in [2.05, 4.69) is 15.3 Å². The van der Waals surface area contributed by atoms with Gasteiger partial charge in [-0.25, -0.2) is 9.97 Å². The van der Waals surface area contributed by atoms with Gasteiger partial charge in [0.15, 0.2) is 0 Å². The minimum Gasteiger partial charge on any atom is -0.481 e. The van der Waals surface area contributed by atoms with Crippen LogP contribution in [0.5, 0.6) is 5.88 Å². The first kappa shape index (κ1) is 16.2. The quantitative estimate of drug-likeness (QED) is 0.763.